The third kappa shape index (κ3) is 15.7. The summed E-state index contributed by atoms with van der Waals surface area (Å²) in [5.74, 6) is -0.682. The van der Waals surface area contributed by atoms with Crippen LogP contribution < -0.4 is 0 Å². The third-order valence-electron chi connectivity index (χ3n) is 3.85. The van der Waals surface area contributed by atoms with E-state index in [4.69, 9.17) is 9.47 Å². The normalized spacial score (nSPS) is 12.4. The Bertz CT molecular complexity index is 445. The lowest BCUT2D eigenvalue weighted by molar-refractivity contribution is -0.152. The first-order chi connectivity index (χ1) is 11.8. The summed E-state index contributed by atoms with van der Waals surface area (Å²) in [6.07, 6.45) is 10.4. The van der Waals surface area contributed by atoms with Crippen molar-refractivity contribution < 1.29 is 19.1 Å². The van der Waals surface area contributed by atoms with Crippen LogP contribution in [0, 0.1) is 0 Å². The van der Waals surface area contributed by atoms with Gasteiger partial charge in [-0.25, -0.2) is 0 Å². The van der Waals surface area contributed by atoms with E-state index in [1.54, 1.807) is 0 Å². The zero-order valence-corrected chi connectivity index (χ0v) is 16.7. The Kier molecular flexibility index (Phi) is 13.8. The highest BCUT2D eigenvalue weighted by Crippen LogP contribution is 2.09. The van der Waals surface area contributed by atoms with Gasteiger partial charge in [-0.2, -0.15) is 0 Å². The van der Waals surface area contributed by atoms with Crippen molar-refractivity contribution >= 4 is 11.9 Å². The molecular weight excluding hydrogens is 316 g/mol. The smallest absolute Gasteiger partial charge is 0.306 e. The second-order valence-corrected chi connectivity index (χ2v) is 6.85. The molecule has 0 heterocycles. The van der Waals surface area contributed by atoms with Crippen LogP contribution >= 0.6 is 0 Å². The highest BCUT2D eigenvalue weighted by atomic mass is 16.5. The summed E-state index contributed by atoms with van der Waals surface area (Å²) in [4.78, 5) is 23.4. The molecule has 0 saturated heterocycles. The van der Waals surface area contributed by atoms with Crippen LogP contribution in [0.15, 0.2) is 23.3 Å². The Balaban J connectivity index is 3.85. The van der Waals surface area contributed by atoms with Crippen LogP contribution in [-0.4, -0.2) is 24.6 Å². The summed E-state index contributed by atoms with van der Waals surface area (Å²) in [5, 5.41) is 0. The quantitative estimate of drug-likeness (QED) is 0.249. The van der Waals surface area contributed by atoms with Crippen LogP contribution in [0.2, 0.25) is 0 Å². The van der Waals surface area contributed by atoms with Crippen LogP contribution in [0.1, 0.15) is 86.0 Å². The summed E-state index contributed by atoms with van der Waals surface area (Å²) in [5.41, 5.74) is 2.51. The van der Waals surface area contributed by atoms with Gasteiger partial charge in [-0.05, 0) is 59.5 Å². The van der Waals surface area contributed by atoms with Gasteiger partial charge in [0.1, 0.15) is 6.61 Å². The number of hydrogen-bond donors (Lipinski definition) is 0. The van der Waals surface area contributed by atoms with Gasteiger partial charge >= 0.3 is 11.9 Å². The van der Waals surface area contributed by atoms with Gasteiger partial charge in [0.15, 0.2) is 0 Å². The maximum atomic E-state index is 11.7. The van der Waals surface area contributed by atoms with Crippen LogP contribution in [0.25, 0.3) is 0 Å². The number of carbonyl (C=O) groups excluding carboxylic acids is 2. The molecular formula is C21H36O4. The lowest BCUT2D eigenvalue weighted by atomic mass is 10.1. The molecule has 0 aliphatic rings. The fourth-order valence-corrected chi connectivity index (χ4v) is 2.27. The van der Waals surface area contributed by atoms with Gasteiger partial charge in [-0.15, -0.1) is 0 Å². The Morgan fingerprint density at radius 2 is 1.64 bits per heavy atom. The first-order valence-electron chi connectivity index (χ1n) is 9.49. The number of allylic oxidation sites excluding steroid dienone is 3. The minimum absolute atomic E-state index is 0.0746. The first kappa shape index (κ1) is 23.4. The fraction of sp³-hybridized carbons (Fsp3) is 0.714. The molecule has 144 valence electrons. The van der Waals surface area contributed by atoms with Crippen molar-refractivity contribution in [1.29, 1.82) is 0 Å². The molecule has 0 radical (unpaired) electrons. The predicted molar refractivity (Wildman–Crippen MR) is 102 cm³/mol. The standard InChI is InChI=1S/C21H36O4/c1-6-7-8-12-19(5)25-21(23)14-13-20(22)24-16-15-18(4)11-9-10-17(2)3/h10,15,19H,6-9,11-14,16H2,1-5H3/b18-15-. The average molecular weight is 353 g/mol. The minimum Gasteiger partial charge on any atom is -0.463 e. The number of carbonyl (C=O) groups is 2. The number of esters is 2. The van der Waals surface area contributed by atoms with Crippen LogP contribution in [-0.2, 0) is 19.1 Å². The van der Waals surface area contributed by atoms with Crippen LogP contribution in [0.3, 0.4) is 0 Å². The molecule has 1 unspecified atom stereocenters. The topological polar surface area (TPSA) is 52.6 Å². The summed E-state index contributed by atoms with van der Waals surface area (Å²) < 4.78 is 10.4. The largest absolute Gasteiger partial charge is 0.463 e. The molecule has 0 aromatic rings. The van der Waals surface area contributed by atoms with Crippen molar-refractivity contribution in [2.45, 2.75) is 92.1 Å². The van der Waals surface area contributed by atoms with E-state index in [9.17, 15) is 9.59 Å². The molecule has 0 N–H and O–H groups in total. The molecule has 0 fully saturated rings. The highest BCUT2D eigenvalue weighted by Gasteiger charge is 2.12. The van der Waals surface area contributed by atoms with Crippen molar-refractivity contribution in [2.24, 2.45) is 0 Å². The van der Waals surface area contributed by atoms with Gasteiger partial charge in [0.25, 0.3) is 0 Å². The minimum atomic E-state index is -0.357. The predicted octanol–water partition coefficient (Wildman–Crippen LogP) is 5.51. The Morgan fingerprint density at radius 3 is 2.28 bits per heavy atom. The van der Waals surface area contributed by atoms with Crippen molar-refractivity contribution in [1.82, 2.24) is 0 Å². The van der Waals surface area contributed by atoms with E-state index in [0.717, 1.165) is 38.5 Å². The molecule has 0 aromatic heterocycles. The Labute approximate surface area is 153 Å². The van der Waals surface area contributed by atoms with Gasteiger partial charge < -0.3 is 9.47 Å². The zero-order chi connectivity index (χ0) is 19.1. The van der Waals surface area contributed by atoms with Gasteiger partial charge in [-0.1, -0.05) is 37.0 Å². The number of rotatable bonds is 13. The third-order valence-corrected chi connectivity index (χ3v) is 3.85. The van der Waals surface area contributed by atoms with E-state index in [0.29, 0.717) is 0 Å². The highest BCUT2D eigenvalue weighted by molar-refractivity contribution is 5.77. The molecule has 0 aromatic carbocycles. The van der Waals surface area contributed by atoms with E-state index in [1.165, 1.54) is 11.1 Å². The molecule has 0 bridgehead atoms. The van der Waals surface area contributed by atoms with E-state index in [-0.39, 0.29) is 37.5 Å². The number of hydrogen-bond acceptors (Lipinski definition) is 4. The van der Waals surface area contributed by atoms with Gasteiger partial charge in [0.2, 0.25) is 0 Å². The summed E-state index contributed by atoms with van der Waals surface area (Å²) in [6, 6.07) is 0. The van der Waals surface area contributed by atoms with E-state index >= 15 is 0 Å². The summed E-state index contributed by atoms with van der Waals surface area (Å²) in [6.45, 7) is 10.5. The monoisotopic (exact) mass is 352 g/mol. The fourth-order valence-electron chi connectivity index (χ4n) is 2.27. The van der Waals surface area contributed by atoms with Gasteiger partial charge in [-0.3, -0.25) is 9.59 Å². The first-order valence-corrected chi connectivity index (χ1v) is 9.49. The van der Waals surface area contributed by atoms with Crippen LogP contribution in [0.5, 0.6) is 0 Å². The number of ether oxygens (including phenoxy) is 2. The van der Waals surface area contributed by atoms with Crippen molar-refractivity contribution in [3.8, 4) is 0 Å². The molecule has 1 atom stereocenters. The van der Waals surface area contributed by atoms with Crippen molar-refractivity contribution in [3.05, 3.63) is 23.3 Å². The van der Waals surface area contributed by atoms with Crippen molar-refractivity contribution in [2.75, 3.05) is 6.61 Å². The lowest BCUT2D eigenvalue weighted by Gasteiger charge is -2.12. The van der Waals surface area contributed by atoms with E-state index < -0.39 is 0 Å². The summed E-state index contributed by atoms with van der Waals surface area (Å²) in [7, 11) is 0. The summed E-state index contributed by atoms with van der Waals surface area (Å²) >= 11 is 0. The second kappa shape index (κ2) is 14.7. The molecule has 25 heavy (non-hydrogen) atoms. The molecule has 0 spiro atoms. The lowest BCUT2D eigenvalue weighted by Crippen LogP contribution is -2.16. The SMILES string of the molecule is CCCCCC(C)OC(=O)CCC(=O)OC/C=C(/C)CCC=C(C)C. The van der Waals surface area contributed by atoms with Crippen LogP contribution in [0.4, 0.5) is 0 Å². The van der Waals surface area contributed by atoms with E-state index in [1.807, 2.05) is 19.9 Å². The maximum Gasteiger partial charge on any atom is 0.306 e. The molecule has 4 heteroatoms. The second-order valence-electron chi connectivity index (χ2n) is 6.85. The molecule has 0 aliphatic heterocycles. The molecule has 0 saturated carbocycles. The molecule has 0 rings (SSSR count). The Hall–Kier alpha value is -1.58. The average Bonchev–Trinajstić information content (AvgIpc) is 2.52. The Morgan fingerprint density at radius 1 is 0.960 bits per heavy atom. The maximum absolute atomic E-state index is 11.7. The molecule has 0 aliphatic carbocycles. The van der Waals surface area contributed by atoms with Gasteiger partial charge in [0.05, 0.1) is 18.9 Å². The molecule has 4 nitrogen and oxygen atoms in total. The van der Waals surface area contributed by atoms with Gasteiger partial charge in [0, 0.05) is 0 Å². The van der Waals surface area contributed by atoms with E-state index in [2.05, 4.69) is 26.8 Å². The van der Waals surface area contributed by atoms with Crippen molar-refractivity contribution in [3.63, 3.8) is 0 Å². The molecule has 0 amide bonds. The zero-order valence-electron chi connectivity index (χ0n) is 16.7. The number of unbranched alkanes of at least 4 members (excludes halogenated alkanes) is 2.